The van der Waals surface area contributed by atoms with Crippen LogP contribution in [0, 0.1) is 5.92 Å². The molecule has 0 aliphatic heterocycles. The number of nitrogens with one attached hydrogen (secondary N) is 1. The second-order valence-corrected chi connectivity index (χ2v) is 5.01. The van der Waals surface area contributed by atoms with E-state index in [9.17, 15) is 4.79 Å². The molecule has 1 aromatic carbocycles. The van der Waals surface area contributed by atoms with Crippen molar-refractivity contribution in [2.24, 2.45) is 5.92 Å². The molecule has 1 aromatic rings. The Balaban J connectivity index is 2.43. The van der Waals surface area contributed by atoms with Crippen molar-refractivity contribution in [1.82, 2.24) is 5.32 Å². The fraction of sp³-hybridized carbons (Fsp3) is 0.562. The molecule has 3 heteroatoms. The third kappa shape index (κ3) is 5.43. The van der Waals surface area contributed by atoms with E-state index in [1.807, 2.05) is 13.0 Å². The number of benzene rings is 1. The Morgan fingerprint density at radius 3 is 2.53 bits per heavy atom. The Bertz CT molecular complexity index is 364. The first-order chi connectivity index (χ1) is 9.19. The molecule has 2 atom stereocenters. The zero-order chi connectivity index (χ0) is 14.1. The largest absolute Gasteiger partial charge is 0.395 e. The van der Waals surface area contributed by atoms with Gasteiger partial charge in [-0.1, -0.05) is 44.2 Å². The summed E-state index contributed by atoms with van der Waals surface area (Å²) in [5, 5.41) is 11.4. The van der Waals surface area contributed by atoms with Crippen LogP contribution in [0.2, 0.25) is 0 Å². The van der Waals surface area contributed by atoms with Crippen LogP contribution in [0.15, 0.2) is 30.3 Å². The standard InChI is InChI=1S/C16H25NO2/c1-3-14(15-7-5-4-6-8-15)10-9-13(2)16(19)17-11-12-18/h4-8,13-14,18H,3,9-12H2,1-2H3,(H,17,19). The number of carbonyl (C=O) groups is 1. The van der Waals surface area contributed by atoms with Gasteiger partial charge >= 0.3 is 0 Å². The highest BCUT2D eigenvalue weighted by atomic mass is 16.3. The molecule has 0 spiro atoms. The van der Waals surface area contributed by atoms with Crippen molar-refractivity contribution in [3.05, 3.63) is 35.9 Å². The third-order valence-electron chi connectivity index (χ3n) is 3.57. The molecule has 0 saturated carbocycles. The summed E-state index contributed by atoms with van der Waals surface area (Å²) >= 11 is 0. The minimum absolute atomic E-state index is 0.0000599. The number of carbonyl (C=O) groups excluding carboxylic acids is 1. The summed E-state index contributed by atoms with van der Waals surface area (Å²) in [5.41, 5.74) is 1.35. The normalized spacial score (nSPS) is 13.8. The highest BCUT2D eigenvalue weighted by molar-refractivity contribution is 5.78. The SMILES string of the molecule is CCC(CCC(C)C(=O)NCCO)c1ccccc1. The fourth-order valence-corrected chi connectivity index (χ4v) is 2.27. The highest BCUT2D eigenvalue weighted by Crippen LogP contribution is 2.26. The zero-order valence-electron chi connectivity index (χ0n) is 11.9. The van der Waals surface area contributed by atoms with Crippen LogP contribution in [0.1, 0.15) is 44.6 Å². The van der Waals surface area contributed by atoms with Crippen LogP contribution in [-0.2, 0) is 4.79 Å². The topological polar surface area (TPSA) is 49.3 Å². The van der Waals surface area contributed by atoms with Gasteiger partial charge in [-0.05, 0) is 30.7 Å². The van der Waals surface area contributed by atoms with Gasteiger partial charge in [0.15, 0.2) is 0 Å². The molecule has 1 rings (SSSR count). The number of amides is 1. The van der Waals surface area contributed by atoms with E-state index in [1.54, 1.807) is 0 Å². The van der Waals surface area contributed by atoms with Crippen molar-refractivity contribution in [3.8, 4) is 0 Å². The predicted molar refractivity (Wildman–Crippen MR) is 78.0 cm³/mol. The average molecular weight is 263 g/mol. The first-order valence-corrected chi connectivity index (χ1v) is 7.12. The van der Waals surface area contributed by atoms with Gasteiger partial charge < -0.3 is 10.4 Å². The average Bonchev–Trinajstić information content (AvgIpc) is 2.46. The van der Waals surface area contributed by atoms with Gasteiger partial charge in [0.2, 0.25) is 5.91 Å². The second kappa shape index (κ2) is 8.70. The maximum atomic E-state index is 11.7. The number of hydrogen-bond donors (Lipinski definition) is 2. The molecule has 0 heterocycles. The molecular formula is C16H25NO2. The van der Waals surface area contributed by atoms with E-state index in [4.69, 9.17) is 5.11 Å². The highest BCUT2D eigenvalue weighted by Gasteiger charge is 2.15. The monoisotopic (exact) mass is 263 g/mol. The van der Waals surface area contributed by atoms with Crippen LogP contribution in [0.4, 0.5) is 0 Å². The van der Waals surface area contributed by atoms with E-state index < -0.39 is 0 Å². The van der Waals surface area contributed by atoms with Gasteiger partial charge in [0.1, 0.15) is 0 Å². The molecule has 0 radical (unpaired) electrons. The number of rotatable bonds is 8. The summed E-state index contributed by atoms with van der Waals surface area (Å²) in [5.74, 6) is 0.565. The minimum atomic E-state index is 0.0000599. The van der Waals surface area contributed by atoms with Gasteiger partial charge in [0.25, 0.3) is 0 Å². The maximum Gasteiger partial charge on any atom is 0.222 e. The van der Waals surface area contributed by atoms with Crippen molar-refractivity contribution >= 4 is 5.91 Å². The molecule has 19 heavy (non-hydrogen) atoms. The Morgan fingerprint density at radius 2 is 1.95 bits per heavy atom. The van der Waals surface area contributed by atoms with Gasteiger partial charge in [-0.3, -0.25) is 4.79 Å². The summed E-state index contributed by atoms with van der Waals surface area (Å²) in [7, 11) is 0. The second-order valence-electron chi connectivity index (χ2n) is 5.01. The smallest absolute Gasteiger partial charge is 0.222 e. The maximum absolute atomic E-state index is 11.7. The molecule has 0 saturated heterocycles. The number of aliphatic hydroxyl groups is 1. The predicted octanol–water partition coefficient (Wildman–Crippen LogP) is 2.71. The van der Waals surface area contributed by atoms with Crippen molar-refractivity contribution in [1.29, 1.82) is 0 Å². The van der Waals surface area contributed by atoms with Crippen molar-refractivity contribution in [2.45, 2.75) is 39.0 Å². The van der Waals surface area contributed by atoms with Crippen LogP contribution in [-0.4, -0.2) is 24.2 Å². The molecule has 0 aliphatic carbocycles. The lowest BCUT2D eigenvalue weighted by Crippen LogP contribution is -2.31. The number of hydrogen-bond acceptors (Lipinski definition) is 2. The van der Waals surface area contributed by atoms with E-state index in [2.05, 4.69) is 36.5 Å². The number of aliphatic hydroxyl groups excluding tert-OH is 1. The quantitative estimate of drug-likeness (QED) is 0.757. The van der Waals surface area contributed by atoms with E-state index in [0.29, 0.717) is 12.5 Å². The van der Waals surface area contributed by atoms with E-state index in [-0.39, 0.29) is 18.4 Å². The molecule has 1 amide bonds. The lowest BCUT2D eigenvalue weighted by atomic mass is 9.89. The first-order valence-electron chi connectivity index (χ1n) is 7.12. The van der Waals surface area contributed by atoms with Crippen molar-refractivity contribution < 1.29 is 9.90 Å². The van der Waals surface area contributed by atoms with Crippen LogP contribution < -0.4 is 5.32 Å². The van der Waals surface area contributed by atoms with Gasteiger partial charge in [-0.15, -0.1) is 0 Å². The summed E-state index contributed by atoms with van der Waals surface area (Å²) in [6.07, 6.45) is 2.99. The minimum Gasteiger partial charge on any atom is -0.395 e. The summed E-state index contributed by atoms with van der Waals surface area (Å²) in [6, 6.07) is 10.5. The summed E-state index contributed by atoms with van der Waals surface area (Å²) in [6.45, 7) is 4.48. The molecule has 106 valence electrons. The Hall–Kier alpha value is -1.35. The molecule has 0 bridgehead atoms. The van der Waals surface area contributed by atoms with Gasteiger partial charge in [-0.25, -0.2) is 0 Å². The van der Waals surface area contributed by atoms with Crippen molar-refractivity contribution in [2.75, 3.05) is 13.2 Å². The zero-order valence-corrected chi connectivity index (χ0v) is 11.9. The van der Waals surface area contributed by atoms with Crippen LogP contribution in [0.25, 0.3) is 0 Å². The molecule has 0 fully saturated rings. The summed E-state index contributed by atoms with van der Waals surface area (Å²) < 4.78 is 0. The lowest BCUT2D eigenvalue weighted by Gasteiger charge is -2.18. The van der Waals surface area contributed by atoms with Crippen LogP contribution >= 0.6 is 0 Å². The van der Waals surface area contributed by atoms with Gasteiger partial charge in [0, 0.05) is 12.5 Å². The van der Waals surface area contributed by atoms with E-state index in [1.165, 1.54) is 5.56 Å². The van der Waals surface area contributed by atoms with Gasteiger partial charge in [0.05, 0.1) is 6.61 Å². The third-order valence-corrected chi connectivity index (χ3v) is 3.57. The Labute approximate surface area is 116 Å². The fourth-order valence-electron chi connectivity index (χ4n) is 2.27. The summed E-state index contributed by atoms with van der Waals surface area (Å²) in [4.78, 5) is 11.7. The first kappa shape index (κ1) is 15.7. The van der Waals surface area contributed by atoms with Crippen LogP contribution in [0.5, 0.6) is 0 Å². The molecule has 2 unspecified atom stereocenters. The Kier molecular flexibility index (Phi) is 7.19. The Morgan fingerprint density at radius 1 is 1.26 bits per heavy atom. The van der Waals surface area contributed by atoms with Crippen molar-refractivity contribution in [3.63, 3.8) is 0 Å². The van der Waals surface area contributed by atoms with Gasteiger partial charge in [-0.2, -0.15) is 0 Å². The van der Waals surface area contributed by atoms with E-state index >= 15 is 0 Å². The van der Waals surface area contributed by atoms with Crippen LogP contribution in [0.3, 0.4) is 0 Å². The van der Waals surface area contributed by atoms with E-state index in [0.717, 1.165) is 19.3 Å². The molecule has 0 aliphatic rings. The lowest BCUT2D eigenvalue weighted by molar-refractivity contribution is -0.124. The molecular weight excluding hydrogens is 238 g/mol. The molecule has 0 aromatic heterocycles. The molecule has 2 N–H and O–H groups in total. The molecule has 3 nitrogen and oxygen atoms in total.